The fourth-order valence-electron chi connectivity index (χ4n) is 2.42. The second-order valence-electron chi connectivity index (χ2n) is 7.35. The minimum atomic E-state index is -0.607. The third-order valence-electron chi connectivity index (χ3n) is 3.89. The van der Waals surface area contributed by atoms with E-state index in [2.05, 4.69) is 5.32 Å². The van der Waals surface area contributed by atoms with Gasteiger partial charge in [-0.1, -0.05) is 25.1 Å². The van der Waals surface area contributed by atoms with E-state index in [1.54, 1.807) is 20.8 Å². The van der Waals surface area contributed by atoms with Gasteiger partial charge in [-0.05, 0) is 63.6 Å². The first-order valence-corrected chi connectivity index (χ1v) is 9.15. The number of ether oxygens (including phenoxy) is 2. The van der Waals surface area contributed by atoms with Crippen LogP contribution in [-0.2, 0) is 9.53 Å². The lowest BCUT2D eigenvalue weighted by atomic mass is 10.0. The average molecular weight is 368 g/mol. The summed E-state index contributed by atoms with van der Waals surface area (Å²) < 4.78 is 11.1. The minimum Gasteiger partial charge on any atom is -0.493 e. The molecule has 0 aromatic heterocycles. The molecule has 0 heterocycles. The monoisotopic (exact) mass is 368 g/mol. The SMILES string of the molecule is CC[C@@H](COc1ccc(Nc2ccccc2)cc1)C(=N)C(=O)OC(C)(C)C. The van der Waals surface area contributed by atoms with Gasteiger partial charge >= 0.3 is 5.97 Å². The van der Waals surface area contributed by atoms with Gasteiger partial charge in [-0.2, -0.15) is 0 Å². The maximum absolute atomic E-state index is 12.1. The first-order valence-electron chi connectivity index (χ1n) is 9.15. The van der Waals surface area contributed by atoms with Crippen LogP contribution in [0.15, 0.2) is 54.6 Å². The molecule has 2 aromatic carbocycles. The Labute approximate surface area is 161 Å². The largest absolute Gasteiger partial charge is 0.493 e. The van der Waals surface area contributed by atoms with Gasteiger partial charge in [0.25, 0.3) is 0 Å². The van der Waals surface area contributed by atoms with E-state index in [0.717, 1.165) is 11.4 Å². The Morgan fingerprint density at radius 1 is 1.04 bits per heavy atom. The van der Waals surface area contributed by atoms with Crippen LogP contribution in [0, 0.1) is 11.3 Å². The molecule has 144 valence electrons. The normalized spacial score (nSPS) is 12.1. The van der Waals surface area contributed by atoms with Crippen LogP contribution in [0.3, 0.4) is 0 Å². The molecule has 5 heteroatoms. The fourth-order valence-corrected chi connectivity index (χ4v) is 2.42. The van der Waals surface area contributed by atoms with Crippen molar-refractivity contribution >= 4 is 23.1 Å². The predicted molar refractivity (Wildman–Crippen MR) is 109 cm³/mol. The molecule has 0 aliphatic carbocycles. The molecule has 0 amide bonds. The molecule has 0 radical (unpaired) electrons. The molecule has 0 spiro atoms. The third-order valence-corrected chi connectivity index (χ3v) is 3.89. The van der Waals surface area contributed by atoms with E-state index < -0.39 is 11.6 Å². The molecule has 2 aromatic rings. The molecule has 0 aliphatic heterocycles. The van der Waals surface area contributed by atoms with Gasteiger partial charge in [0.15, 0.2) is 0 Å². The van der Waals surface area contributed by atoms with Crippen LogP contribution in [0.4, 0.5) is 11.4 Å². The number of anilines is 2. The van der Waals surface area contributed by atoms with Crippen LogP contribution < -0.4 is 10.1 Å². The van der Waals surface area contributed by atoms with Crippen molar-refractivity contribution in [3.63, 3.8) is 0 Å². The van der Waals surface area contributed by atoms with Crippen LogP contribution in [-0.4, -0.2) is 23.9 Å². The van der Waals surface area contributed by atoms with Gasteiger partial charge in [0, 0.05) is 17.3 Å². The minimum absolute atomic E-state index is 0.0465. The number of rotatable bonds is 8. The highest BCUT2D eigenvalue weighted by atomic mass is 16.6. The molecule has 5 nitrogen and oxygen atoms in total. The molecule has 1 atom stereocenters. The van der Waals surface area contributed by atoms with Gasteiger partial charge < -0.3 is 14.8 Å². The summed E-state index contributed by atoms with van der Waals surface area (Å²) in [4.78, 5) is 12.1. The lowest BCUT2D eigenvalue weighted by Gasteiger charge is -2.22. The van der Waals surface area contributed by atoms with Gasteiger partial charge in [0.1, 0.15) is 17.1 Å². The van der Waals surface area contributed by atoms with Crippen molar-refractivity contribution in [2.45, 2.75) is 39.7 Å². The Balaban J connectivity index is 1.90. The molecule has 27 heavy (non-hydrogen) atoms. The summed E-state index contributed by atoms with van der Waals surface area (Å²) >= 11 is 0. The van der Waals surface area contributed by atoms with Gasteiger partial charge in [-0.15, -0.1) is 0 Å². The van der Waals surface area contributed by atoms with E-state index in [1.807, 2.05) is 61.5 Å². The Morgan fingerprint density at radius 2 is 1.63 bits per heavy atom. The molecular weight excluding hydrogens is 340 g/mol. The van der Waals surface area contributed by atoms with Crippen molar-refractivity contribution in [2.75, 3.05) is 11.9 Å². The second-order valence-corrected chi connectivity index (χ2v) is 7.35. The van der Waals surface area contributed by atoms with Gasteiger partial charge in [0.2, 0.25) is 0 Å². The summed E-state index contributed by atoms with van der Waals surface area (Å²) in [6.07, 6.45) is 0.631. The highest BCUT2D eigenvalue weighted by molar-refractivity contribution is 6.36. The summed E-state index contributed by atoms with van der Waals surface area (Å²) in [7, 11) is 0. The highest BCUT2D eigenvalue weighted by Gasteiger charge is 2.26. The smallest absolute Gasteiger partial charge is 0.352 e. The van der Waals surface area contributed by atoms with Crippen LogP contribution in [0.1, 0.15) is 34.1 Å². The Hall–Kier alpha value is -2.82. The number of para-hydroxylation sites is 1. The van der Waals surface area contributed by atoms with Crippen LogP contribution in [0.2, 0.25) is 0 Å². The Bertz CT molecular complexity index is 749. The third kappa shape index (κ3) is 6.77. The number of carbonyl (C=O) groups is 1. The summed E-state index contributed by atoms with van der Waals surface area (Å²) in [5, 5.41) is 11.4. The fraction of sp³-hybridized carbons (Fsp3) is 0.364. The van der Waals surface area contributed by atoms with Crippen molar-refractivity contribution < 1.29 is 14.3 Å². The first kappa shape index (κ1) is 20.5. The summed E-state index contributed by atoms with van der Waals surface area (Å²) in [5.74, 6) is -0.189. The van der Waals surface area contributed by atoms with Gasteiger partial charge in [0.05, 0.1) is 6.61 Å². The van der Waals surface area contributed by atoms with Crippen molar-refractivity contribution in [1.29, 1.82) is 5.41 Å². The van der Waals surface area contributed by atoms with E-state index >= 15 is 0 Å². The van der Waals surface area contributed by atoms with Crippen LogP contribution in [0.25, 0.3) is 0 Å². The number of hydrogen-bond donors (Lipinski definition) is 2. The Kier molecular flexibility index (Phi) is 6.99. The second kappa shape index (κ2) is 9.21. The number of hydrogen-bond acceptors (Lipinski definition) is 5. The lowest BCUT2D eigenvalue weighted by Crippen LogP contribution is -2.34. The van der Waals surface area contributed by atoms with Crippen LogP contribution >= 0.6 is 0 Å². The average Bonchev–Trinajstić information content (AvgIpc) is 2.63. The maximum Gasteiger partial charge on any atom is 0.352 e. The van der Waals surface area contributed by atoms with E-state index in [1.165, 1.54) is 0 Å². The molecule has 0 aliphatic rings. The zero-order valence-corrected chi connectivity index (χ0v) is 16.4. The van der Waals surface area contributed by atoms with Gasteiger partial charge in [-0.3, -0.25) is 5.41 Å². The predicted octanol–water partition coefficient (Wildman–Crippen LogP) is 5.20. The number of nitrogens with one attached hydrogen (secondary N) is 2. The lowest BCUT2D eigenvalue weighted by molar-refractivity contribution is -0.146. The number of benzene rings is 2. The standard InChI is InChI=1S/C22H28N2O3/c1-5-16(20(23)21(25)27-22(2,3)4)15-26-19-13-11-18(12-14-19)24-17-9-7-6-8-10-17/h6-14,16,23-24H,5,15H2,1-4H3/t16-/m0/s1. The van der Waals surface area contributed by atoms with Crippen molar-refractivity contribution in [1.82, 2.24) is 0 Å². The summed E-state index contributed by atoms with van der Waals surface area (Å²) in [6.45, 7) is 7.57. The van der Waals surface area contributed by atoms with Crippen molar-refractivity contribution in [3.05, 3.63) is 54.6 Å². The zero-order valence-electron chi connectivity index (χ0n) is 16.4. The van der Waals surface area contributed by atoms with Gasteiger partial charge in [-0.25, -0.2) is 4.79 Å². The summed E-state index contributed by atoms with van der Waals surface area (Å²) in [5.41, 5.74) is 1.32. The molecule has 2 N–H and O–H groups in total. The number of carbonyl (C=O) groups excluding carboxylic acids is 1. The van der Waals surface area contributed by atoms with E-state index in [0.29, 0.717) is 12.2 Å². The molecule has 0 unspecified atom stereocenters. The van der Waals surface area contributed by atoms with E-state index in [9.17, 15) is 4.79 Å². The maximum atomic E-state index is 12.1. The molecular formula is C22H28N2O3. The topological polar surface area (TPSA) is 71.4 Å². The molecule has 0 saturated carbocycles. The Morgan fingerprint density at radius 3 is 2.19 bits per heavy atom. The summed E-state index contributed by atoms with van der Waals surface area (Å²) in [6, 6.07) is 17.5. The van der Waals surface area contributed by atoms with E-state index in [-0.39, 0.29) is 18.2 Å². The quantitative estimate of drug-likeness (QED) is 0.496. The highest BCUT2D eigenvalue weighted by Crippen LogP contribution is 2.21. The van der Waals surface area contributed by atoms with E-state index in [4.69, 9.17) is 14.9 Å². The zero-order chi connectivity index (χ0) is 19.9. The molecule has 2 rings (SSSR count). The van der Waals surface area contributed by atoms with Crippen molar-refractivity contribution in [2.24, 2.45) is 5.92 Å². The molecule has 0 saturated heterocycles. The van der Waals surface area contributed by atoms with Crippen molar-refractivity contribution in [3.8, 4) is 5.75 Å². The van der Waals surface area contributed by atoms with Crippen LogP contribution in [0.5, 0.6) is 5.75 Å². The molecule has 0 bridgehead atoms. The first-order chi connectivity index (χ1) is 12.8. The molecule has 0 fully saturated rings. The number of esters is 1.